The predicted octanol–water partition coefficient (Wildman–Crippen LogP) is 1.58. The van der Waals surface area contributed by atoms with Gasteiger partial charge < -0.3 is 19.3 Å². The number of hydrogen-bond donors (Lipinski definition) is 1. The zero-order chi connectivity index (χ0) is 15.5. The number of likely N-dealkylation sites (N-methyl/N-ethyl adjacent to an activating group) is 1. The van der Waals surface area contributed by atoms with Gasteiger partial charge in [-0.3, -0.25) is 0 Å². The van der Waals surface area contributed by atoms with Crippen LogP contribution in [-0.4, -0.2) is 58.7 Å². The van der Waals surface area contributed by atoms with Gasteiger partial charge in [0.05, 0.1) is 6.26 Å². The van der Waals surface area contributed by atoms with Crippen LogP contribution in [0.3, 0.4) is 0 Å². The van der Waals surface area contributed by atoms with Crippen molar-refractivity contribution < 1.29 is 14.3 Å². The molecule has 0 atom stereocenters. The van der Waals surface area contributed by atoms with Gasteiger partial charge in [-0.15, -0.1) is 0 Å². The number of rotatable bonds is 4. The number of aromatic carboxylic acids is 1. The highest BCUT2D eigenvalue weighted by atomic mass is 16.4. The summed E-state index contributed by atoms with van der Waals surface area (Å²) >= 11 is 0. The quantitative estimate of drug-likeness (QED) is 0.918. The fourth-order valence-corrected chi connectivity index (χ4v) is 2.57. The molecular formula is C15H18N4O3. The molecular weight excluding hydrogens is 284 g/mol. The lowest BCUT2D eigenvalue weighted by molar-refractivity contribution is 0.0696. The van der Waals surface area contributed by atoms with Crippen LogP contribution in [0.1, 0.15) is 17.3 Å². The number of furan rings is 1. The molecule has 1 N–H and O–H groups in total. The maximum atomic E-state index is 11.4. The zero-order valence-corrected chi connectivity index (χ0v) is 12.4. The number of carbonyl (C=O) groups is 1. The van der Waals surface area contributed by atoms with Gasteiger partial charge in [-0.2, -0.15) is 0 Å². The number of nitrogens with zero attached hydrogens (tertiary/aromatic N) is 4. The second kappa shape index (κ2) is 6.15. The Bertz CT molecular complexity index is 649. The molecule has 1 aliphatic rings. The Labute approximate surface area is 128 Å². The average Bonchev–Trinajstić information content (AvgIpc) is 3.09. The molecule has 0 aromatic carbocycles. The van der Waals surface area contributed by atoms with Crippen LogP contribution in [0.2, 0.25) is 0 Å². The standard InChI is InChI=1S/C15H18N4O3/c1-2-18-5-7-19(8-6-18)14-11(15(20)21)10-16-13(17-14)12-4-3-9-22-12/h3-4,9-10H,2,5-8H2,1H3,(H,20,21). The van der Waals surface area contributed by atoms with Gasteiger partial charge in [-0.05, 0) is 18.7 Å². The second-order valence-electron chi connectivity index (χ2n) is 5.13. The number of carboxylic acids is 1. The van der Waals surface area contributed by atoms with Gasteiger partial charge in [0.2, 0.25) is 0 Å². The second-order valence-corrected chi connectivity index (χ2v) is 5.13. The van der Waals surface area contributed by atoms with Crippen LogP contribution in [0.15, 0.2) is 29.0 Å². The summed E-state index contributed by atoms with van der Waals surface area (Å²) in [6, 6.07) is 3.51. The third kappa shape index (κ3) is 2.80. The third-order valence-electron chi connectivity index (χ3n) is 3.86. The summed E-state index contributed by atoms with van der Waals surface area (Å²) in [6.45, 7) is 6.43. The summed E-state index contributed by atoms with van der Waals surface area (Å²) in [5.74, 6) is 0.386. The molecule has 7 heteroatoms. The van der Waals surface area contributed by atoms with Crippen LogP contribution in [0.5, 0.6) is 0 Å². The predicted molar refractivity (Wildman–Crippen MR) is 81.0 cm³/mol. The van der Waals surface area contributed by atoms with Crippen LogP contribution in [-0.2, 0) is 0 Å². The fraction of sp³-hybridized carbons (Fsp3) is 0.400. The SMILES string of the molecule is CCN1CCN(c2nc(-c3ccco3)ncc2C(=O)O)CC1. The number of hydrogen-bond acceptors (Lipinski definition) is 6. The van der Waals surface area contributed by atoms with E-state index in [1.54, 1.807) is 18.4 Å². The molecule has 3 rings (SSSR count). The van der Waals surface area contributed by atoms with E-state index >= 15 is 0 Å². The van der Waals surface area contributed by atoms with E-state index in [1.807, 2.05) is 4.90 Å². The molecule has 2 aromatic rings. The lowest BCUT2D eigenvalue weighted by atomic mass is 10.2. The number of aromatic nitrogens is 2. The molecule has 116 valence electrons. The first-order valence-corrected chi connectivity index (χ1v) is 7.30. The molecule has 3 heterocycles. The van der Waals surface area contributed by atoms with E-state index in [0.717, 1.165) is 32.7 Å². The third-order valence-corrected chi connectivity index (χ3v) is 3.86. The lowest BCUT2D eigenvalue weighted by Gasteiger charge is -2.35. The van der Waals surface area contributed by atoms with E-state index in [2.05, 4.69) is 21.8 Å². The summed E-state index contributed by atoms with van der Waals surface area (Å²) in [5.41, 5.74) is 0.125. The van der Waals surface area contributed by atoms with E-state index in [0.29, 0.717) is 17.4 Å². The van der Waals surface area contributed by atoms with E-state index in [9.17, 15) is 9.90 Å². The first-order valence-electron chi connectivity index (χ1n) is 7.30. The Hall–Kier alpha value is -2.41. The molecule has 0 spiro atoms. The van der Waals surface area contributed by atoms with Gasteiger partial charge in [0.25, 0.3) is 0 Å². The van der Waals surface area contributed by atoms with Gasteiger partial charge in [-0.25, -0.2) is 14.8 Å². The summed E-state index contributed by atoms with van der Waals surface area (Å²) in [4.78, 5) is 24.3. The van der Waals surface area contributed by atoms with Crippen molar-refractivity contribution >= 4 is 11.8 Å². The van der Waals surface area contributed by atoms with E-state index in [4.69, 9.17) is 4.42 Å². The number of anilines is 1. The van der Waals surface area contributed by atoms with E-state index < -0.39 is 5.97 Å². The minimum atomic E-state index is -1.01. The Morgan fingerprint density at radius 2 is 2.14 bits per heavy atom. The van der Waals surface area contributed by atoms with Crippen LogP contribution in [0.25, 0.3) is 11.6 Å². The molecule has 7 nitrogen and oxygen atoms in total. The average molecular weight is 302 g/mol. The maximum absolute atomic E-state index is 11.4. The molecule has 1 saturated heterocycles. The number of piperazine rings is 1. The van der Waals surface area contributed by atoms with Gasteiger partial charge in [-0.1, -0.05) is 6.92 Å². The van der Waals surface area contributed by atoms with Crippen molar-refractivity contribution in [2.45, 2.75) is 6.92 Å². The Kier molecular flexibility index (Phi) is 4.06. The summed E-state index contributed by atoms with van der Waals surface area (Å²) < 4.78 is 5.30. The van der Waals surface area contributed by atoms with Crippen molar-refractivity contribution in [3.05, 3.63) is 30.2 Å². The molecule has 0 saturated carbocycles. The van der Waals surface area contributed by atoms with Crippen LogP contribution in [0.4, 0.5) is 5.82 Å². The number of carboxylic acid groups (broad SMARTS) is 1. The molecule has 0 radical (unpaired) electrons. The molecule has 0 aliphatic carbocycles. The summed E-state index contributed by atoms with van der Waals surface area (Å²) in [7, 11) is 0. The van der Waals surface area contributed by atoms with Gasteiger partial charge in [0, 0.05) is 32.4 Å². The molecule has 22 heavy (non-hydrogen) atoms. The van der Waals surface area contributed by atoms with E-state index in [-0.39, 0.29) is 5.56 Å². The molecule has 0 unspecified atom stereocenters. The van der Waals surface area contributed by atoms with Crippen LogP contribution < -0.4 is 4.90 Å². The minimum Gasteiger partial charge on any atom is -0.477 e. The van der Waals surface area contributed by atoms with Crippen molar-refractivity contribution in [2.75, 3.05) is 37.6 Å². The zero-order valence-electron chi connectivity index (χ0n) is 12.4. The highest BCUT2D eigenvalue weighted by Crippen LogP contribution is 2.23. The molecule has 1 fully saturated rings. The van der Waals surface area contributed by atoms with Crippen LogP contribution >= 0.6 is 0 Å². The summed E-state index contributed by atoms with van der Waals surface area (Å²) in [5, 5.41) is 9.38. The fourth-order valence-electron chi connectivity index (χ4n) is 2.57. The monoisotopic (exact) mass is 302 g/mol. The van der Waals surface area contributed by atoms with Gasteiger partial charge in [0.1, 0.15) is 11.4 Å². The molecule has 2 aromatic heterocycles. The molecule has 0 amide bonds. The minimum absolute atomic E-state index is 0.125. The molecule has 0 bridgehead atoms. The van der Waals surface area contributed by atoms with Gasteiger partial charge in [0.15, 0.2) is 11.6 Å². The van der Waals surface area contributed by atoms with Crippen LogP contribution in [0, 0.1) is 0 Å². The van der Waals surface area contributed by atoms with Crippen molar-refractivity contribution in [2.24, 2.45) is 0 Å². The lowest BCUT2D eigenvalue weighted by Crippen LogP contribution is -2.47. The Morgan fingerprint density at radius 3 is 2.73 bits per heavy atom. The van der Waals surface area contributed by atoms with E-state index in [1.165, 1.54) is 6.20 Å². The largest absolute Gasteiger partial charge is 0.477 e. The Balaban J connectivity index is 1.93. The molecule has 1 aliphatic heterocycles. The van der Waals surface area contributed by atoms with Crippen molar-refractivity contribution in [1.29, 1.82) is 0 Å². The normalized spacial score (nSPS) is 16.0. The first kappa shape index (κ1) is 14.5. The maximum Gasteiger partial charge on any atom is 0.341 e. The topological polar surface area (TPSA) is 82.7 Å². The smallest absolute Gasteiger partial charge is 0.341 e. The van der Waals surface area contributed by atoms with Crippen molar-refractivity contribution in [1.82, 2.24) is 14.9 Å². The van der Waals surface area contributed by atoms with Crippen molar-refractivity contribution in [3.8, 4) is 11.6 Å². The van der Waals surface area contributed by atoms with Gasteiger partial charge >= 0.3 is 5.97 Å². The Morgan fingerprint density at radius 1 is 1.36 bits per heavy atom. The summed E-state index contributed by atoms with van der Waals surface area (Å²) in [6.07, 6.45) is 2.90. The first-order chi connectivity index (χ1) is 10.7. The highest BCUT2D eigenvalue weighted by Gasteiger charge is 2.23. The highest BCUT2D eigenvalue weighted by molar-refractivity contribution is 5.93. The van der Waals surface area contributed by atoms with Crippen molar-refractivity contribution in [3.63, 3.8) is 0 Å².